The summed E-state index contributed by atoms with van der Waals surface area (Å²) < 4.78 is 6.93. The van der Waals surface area contributed by atoms with Gasteiger partial charge in [0.15, 0.2) is 0 Å². The van der Waals surface area contributed by atoms with Crippen LogP contribution in [0.5, 0.6) is 0 Å². The van der Waals surface area contributed by atoms with Gasteiger partial charge in [0.1, 0.15) is 11.8 Å². The Hall–Kier alpha value is -1.70. The maximum Gasteiger partial charge on any atom is 0.330 e. The molecule has 2 heterocycles. The molecule has 1 aromatic rings. The molecule has 3 N–H and O–H groups in total. The Balaban J connectivity index is 2.05. The van der Waals surface area contributed by atoms with Gasteiger partial charge in [-0.15, -0.1) is 0 Å². The highest BCUT2D eigenvalue weighted by Crippen LogP contribution is 2.46. The first-order valence-corrected chi connectivity index (χ1v) is 6.03. The van der Waals surface area contributed by atoms with Gasteiger partial charge in [-0.3, -0.25) is 14.3 Å². The van der Waals surface area contributed by atoms with Gasteiger partial charge in [0, 0.05) is 18.2 Å². The summed E-state index contributed by atoms with van der Waals surface area (Å²) in [5.41, 5.74) is -2.24. The van der Waals surface area contributed by atoms with Crippen molar-refractivity contribution in [1.82, 2.24) is 9.55 Å². The van der Waals surface area contributed by atoms with Gasteiger partial charge in [0.2, 0.25) is 0 Å². The van der Waals surface area contributed by atoms with Crippen molar-refractivity contribution in [2.45, 2.75) is 24.4 Å². The third-order valence-corrected chi connectivity index (χ3v) is 3.79. The van der Waals surface area contributed by atoms with Crippen LogP contribution >= 0.6 is 0 Å². The van der Waals surface area contributed by atoms with Crippen LogP contribution in [0.3, 0.4) is 0 Å². The fourth-order valence-corrected chi connectivity index (χ4v) is 2.78. The third-order valence-electron chi connectivity index (χ3n) is 3.79. The van der Waals surface area contributed by atoms with E-state index < -0.39 is 29.2 Å². The molecule has 0 saturated carbocycles. The Kier molecular flexibility index (Phi) is 2.70. The molecule has 0 radical (unpaired) electrons. The average molecular weight is 266 g/mol. The lowest BCUT2D eigenvalue weighted by atomic mass is 9.83. The fraction of sp³-hybridized carbons (Fsp3) is 0.500. The number of aliphatic hydroxyl groups excluding tert-OH is 2. The zero-order chi connectivity index (χ0) is 13.6. The molecule has 0 aromatic carbocycles. The SMILES string of the molecule is O=c1ccn([C@@H]2O[C@@]3(CO)C=CC[C@@H]2[C@@H]3O)c(=O)[nH]1. The number of H-pyrrole nitrogens is 1. The Labute approximate surface area is 107 Å². The lowest BCUT2D eigenvalue weighted by molar-refractivity contribution is -0.0974. The number of aliphatic hydroxyl groups is 2. The summed E-state index contributed by atoms with van der Waals surface area (Å²) in [6, 6.07) is 1.22. The number of allylic oxidation sites excluding steroid dienone is 1. The number of fused-ring (bicyclic) bond motifs is 2. The molecule has 4 atom stereocenters. The minimum Gasteiger partial charge on any atom is -0.393 e. The van der Waals surface area contributed by atoms with E-state index in [9.17, 15) is 19.8 Å². The first-order valence-electron chi connectivity index (χ1n) is 6.03. The van der Waals surface area contributed by atoms with Crippen LogP contribution < -0.4 is 11.2 Å². The van der Waals surface area contributed by atoms with Crippen molar-refractivity contribution in [3.05, 3.63) is 45.3 Å². The van der Waals surface area contributed by atoms with Crippen molar-refractivity contribution < 1.29 is 14.9 Å². The molecule has 1 aromatic heterocycles. The normalized spacial score (nSPS) is 36.6. The number of aromatic nitrogens is 2. The minimum absolute atomic E-state index is 0.333. The monoisotopic (exact) mass is 266 g/mol. The van der Waals surface area contributed by atoms with Crippen molar-refractivity contribution in [1.29, 1.82) is 0 Å². The van der Waals surface area contributed by atoms with Gasteiger partial charge in [-0.2, -0.15) is 0 Å². The molecule has 1 fully saturated rings. The summed E-state index contributed by atoms with van der Waals surface area (Å²) in [6.45, 7) is -0.365. The number of ether oxygens (including phenoxy) is 1. The third kappa shape index (κ3) is 1.70. The molecule has 0 amide bonds. The van der Waals surface area contributed by atoms with Crippen LogP contribution in [0.25, 0.3) is 0 Å². The lowest BCUT2D eigenvalue weighted by Crippen LogP contribution is -2.44. The predicted molar refractivity (Wildman–Crippen MR) is 64.5 cm³/mol. The van der Waals surface area contributed by atoms with Gasteiger partial charge in [0.25, 0.3) is 5.56 Å². The largest absolute Gasteiger partial charge is 0.393 e. The Bertz CT molecular complexity index is 633. The highest BCUT2D eigenvalue weighted by Gasteiger charge is 2.55. The minimum atomic E-state index is -1.16. The van der Waals surface area contributed by atoms with Crippen molar-refractivity contribution >= 4 is 0 Å². The molecule has 102 valence electrons. The van der Waals surface area contributed by atoms with E-state index in [1.165, 1.54) is 16.8 Å². The summed E-state index contributed by atoms with van der Waals surface area (Å²) in [5.74, 6) is -0.333. The topological polar surface area (TPSA) is 105 Å². The fourth-order valence-electron chi connectivity index (χ4n) is 2.78. The van der Waals surface area contributed by atoms with Gasteiger partial charge in [-0.1, -0.05) is 12.2 Å². The standard InChI is InChI=1S/C12H14N2O5/c15-6-12-4-1-2-7(9(12)17)10(19-12)14-5-3-8(16)13-11(14)18/h1,3-5,7,9-10,15,17H,2,6H2,(H,13,16,18)/t7-,9+,10-,12-/m1/s1. The van der Waals surface area contributed by atoms with Crippen LogP contribution in [0.1, 0.15) is 12.6 Å². The van der Waals surface area contributed by atoms with Crippen LogP contribution in [0, 0.1) is 5.92 Å². The van der Waals surface area contributed by atoms with Crippen molar-refractivity contribution in [2.75, 3.05) is 6.61 Å². The first-order chi connectivity index (χ1) is 9.07. The van der Waals surface area contributed by atoms with Crippen molar-refractivity contribution in [3.8, 4) is 0 Å². The van der Waals surface area contributed by atoms with E-state index in [0.717, 1.165) is 0 Å². The van der Waals surface area contributed by atoms with Crippen LogP contribution in [-0.4, -0.2) is 38.1 Å². The zero-order valence-electron chi connectivity index (χ0n) is 10.0. The molecule has 7 nitrogen and oxygen atoms in total. The number of rotatable bonds is 2. The maximum absolute atomic E-state index is 11.8. The van der Waals surface area contributed by atoms with Gasteiger partial charge in [-0.05, 0) is 6.42 Å². The van der Waals surface area contributed by atoms with Gasteiger partial charge >= 0.3 is 5.69 Å². The first kappa shape index (κ1) is 12.3. The molecule has 1 saturated heterocycles. The molecule has 0 spiro atoms. The smallest absolute Gasteiger partial charge is 0.330 e. The molecular weight excluding hydrogens is 252 g/mol. The molecular formula is C12H14N2O5. The highest BCUT2D eigenvalue weighted by molar-refractivity contribution is 5.18. The van der Waals surface area contributed by atoms with E-state index in [1.807, 2.05) is 6.08 Å². The Morgan fingerprint density at radius 1 is 1.53 bits per heavy atom. The van der Waals surface area contributed by atoms with E-state index in [4.69, 9.17) is 4.74 Å². The second-order valence-corrected chi connectivity index (χ2v) is 4.89. The molecule has 1 aliphatic carbocycles. The van der Waals surface area contributed by atoms with Crippen LogP contribution in [0.2, 0.25) is 0 Å². The molecule has 19 heavy (non-hydrogen) atoms. The van der Waals surface area contributed by atoms with Crippen molar-refractivity contribution in [3.63, 3.8) is 0 Å². The predicted octanol–water partition coefficient (Wildman–Crippen LogP) is -1.27. The summed E-state index contributed by atoms with van der Waals surface area (Å²) >= 11 is 0. The van der Waals surface area contributed by atoms with Crippen LogP contribution in [-0.2, 0) is 4.74 Å². The lowest BCUT2D eigenvalue weighted by Gasteiger charge is -2.29. The molecule has 7 heteroatoms. The van der Waals surface area contributed by atoms with Gasteiger partial charge in [0.05, 0.1) is 12.7 Å². The quantitative estimate of drug-likeness (QED) is 0.579. The van der Waals surface area contributed by atoms with E-state index in [1.54, 1.807) is 6.08 Å². The van der Waals surface area contributed by atoms with Gasteiger partial charge in [-0.25, -0.2) is 4.79 Å². The number of hydrogen-bond acceptors (Lipinski definition) is 5. The van der Waals surface area contributed by atoms with E-state index in [0.29, 0.717) is 6.42 Å². The molecule has 0 unspecified atom stereocenters. The van der Waals surface area contributed by atoms with Crippen LogP contribution in [0.4, 0.5) is 0 Å². The average Bonchev–Trinajstić information content (AvgIpc) is 2.56. The van der Waals surface area contributed by atoms with Crippen molar-refractivity contribution in [2.24, 2.45) is 5.92 Å². The summed E-state index contributed by atoms with van der Waals surface area (Å²) in [6.07, 6.45) is 3.74. The molecule has 2 bridgehead atoms. The van der Waals surface area contributed by atoms with E-state index in [2.05, 4.69) is 4.98 Å². The number of hydrogen-bond donors (Lipinski definition) is 3. The summed E-state index contributed by atoms with van der Waals surface area (Å²) in [4.78, 5) is 25.0. The number of aromatic amines is 1. The molecule has 1 aliphatic heterocycles. The van der Waals surface area contributed by atoms with E-state index in [-0.39, 0.29) is 12.5 Å². The zero-order valence-corrected chi connectivity index (χ0v) is 10.0. The molecule has 3 rings (SSSR count). The Morgan fingerprint density at radius 2 is 2.32 bits per heavy atom. The number of nitrogens with one attached hydrogen (secondary N) is 1. The second kappa shape index (κ2) is 4.16. The Morgan fingerprint density at radius 3 is 2.95 bits per heavy atom. The van der Waals surface area contributed by atoms with Crippen LogP contribution in [0.15, 0.2) is 34.0 Å². The highest BCUT2D eigenvalue weighted by atomic mass is 16.6. The second-order valence-electron chi connectivity index (χ2n) is 4.89. The maximum atomic E-state index is 11.8. The van der Waals surface area contributed by atoms with Gasteiger partial charge < -0.3 is 14.9 Å². The summed E-state index contributed by atoms with van der Waals surface area (Å²) in [5, 5.41) is 19.6. The molecule has 2 aliphatic rings. The number of nitrogens with zero attached hydrogens (tertiary/aromatic N) is 1. The van der Waals surface area contributed by atoms with E-state index >= 15 is 0 Å². The summed E-state index contributed by atoms with van der Waals surface area (Å²) in [7, 11) is 0.